The van der Waals surface area contributed by atoms with E-state index in [0.717, 1.165) is 11.5 Å². The molecule has 156 valence electrons. The van der Waals surface area contributed by atoms with Crippen LogP contribution in [0.2, 0.25) is 0 Å². The maximum atomic E-state index is 12.4. The van der Waals surface area contributed by atoms with Crippen molar-refractivity contribution in [2.24, 2.45) is 0 Å². The molecule has 1 aromatic carbocycles. The van der Waals surface area contributed by atoms with Crippen LogP contribution in [0.25, 0.3) is 5.82 Å². The van der Waals surface area contributed by atoms with Crippen LogP contribution in [0.15, 0.2) is 67.4 Å². The smallest absolute Gasteiger partial charge is 0.257 e. The Morgan fingerprint density at radius 1 is 1.10 bits per heavy atom. The lowest BCUT2D eigenvalue weighted by Gasteiger charge is -2.10. The summed E-state index contributed by atoms with van der Waals surface area (Å²) in [4.78, 5) is 29.4. The molecule has 31 heavy (non-hydrogen) atoms. The van der Waals surface area contributed by atoms with E-state index in [9.17, 15) is 4.79 Å². The Bertz CT molecular complexity index is 1160. The first-order chi connectivity index (χ1) is 15.1. The molecular weight excluding hydrogens is 394 g/mol. The molecule has 0 aliphatic carbocycles. The molecule has 4 rings (SSSR count). The third-order valence-electron chi connectivity index (χ3n) is 4.30. The molecule has 0 fully saturated rings. The van der Waals surface area contributed by atoms with Crippen molar-refractivity contribution in [2.45, 2.75) is 13.8 Å². The van der Waals surface area contributed by atoms with Crippen LogP contribution in [-0.4, -0.2) is 37.0 Å². The fourth-order valence-corrected chi connectivity index (χ4v) is 2.88. The first-order valence-electron chi connectivity index (χ1n) is 9.72. The summed E-state index contributed by atoms with van der Waals surface area (Å²) in [5, 5.41) is 6.11. The van der Waals surface area contributed by atoms with Crippen molar-refractivity contribution in [2.75, 3.05) is 17.2 Å². The molecule has 0 radical (unpaired) electrons. The Kier molecular flexibility index (Phi) is 5.84. The number of rotatable bonds is 7. The quantitative estimate of drug-likeness (QED) is 0.473. The molecule has 3 heterocycles. The molecule has 0 aliphatic heterocycles. The van der Waals surface area contributed by atoms with Gasteiger partial charge in [-0.3, -0.25) is 9.36 Å². The number of pyridine rings is 1. The second-order valence-corrected chi connectivity index (χ2v) is 6.60. The van der Waals surface area contributed by atoms with E-state index < -0.39 is 0 Å². The topological polar surface area (TPSA) is 107 Å². The minimum atomic E-state index is -0.243. The van der Waals surface area contributed by atoms with Crippen molar-refractivity contribution in [3.8, 4) is 11.7 Å². The monoisotopic (exact) mass is 415 g/mol. The zero-order valence-electron chi connectivity index (χ0n) is 17.1. The lowest BCUT2D eigenvalue weighted by Crippen LogP contribution is -2.12. The molecule has 0 atom stereocenters. The largest absolute Gasteiger partial charge is 0.478 e. The van der Waals surface area contributed by atoms with Crippen LogP contribution >= 0.6 is 0 Å². The molecule has 1 amide bonds. The van der Waals surface area contributed by atoms with Gasteiger partial charge in [0.25, 0.3) is 5.91 Å². The van der Waals surface area contributed by atoms with Gasteiger partial charge in [0.15, 0.2) is 0 Å². The van der Waals surface area contributed by atoms with Crippen molar-refractivity contribution < 1.29 is 9.53 Å². The van der Waals surface area contributed by atoms with Gasteiger partial charge in [0.05, 0.1) is 12.2 Å². The second-order valence-electron chi connectivity index (χ2n) is 6.60. The maximum Gasteiger partial charge on any atom is 0.257 e. The van der Waals surface area contributed by atoms with Gasteiger partial charge in [-0.1, -0.05) is 0 Å². The molecular formula is C22H21N7O2. The van der Waals surface area contributed by atoms with E-state index in [0.29, 0.717) is 35.4 Å². The van der Waals surface area contributed by atoms with Crippen molar-refractivity contribution in [3.63, 3.8) is 0 Å². The number of carbonyl (C=O) groups excluding carboxylic acids is 1. The zero-order chi connectivity index (χ0) is 21.6. The van der Waals surface area contributed by atoms with Gasteiger partial charge < -0.3 is 15.4 Å². The second kappa shape index (κ2) is 9.04. The highest BCUT2D eigenvalue weighted by Crippen LogP contribution is 2.20. The molecule has 9 nitrogen and oxygen atoms in total. The summed E-state index contributed by atoms with van der Waals surface area (Å²) in [5.74, 6) is 2.27. The normalized spacial score (nSPS) is 10.5. The maximum absolute atomic E-state index is 12.4. The van der Waals surface area contributed by atoms with Crippen LogP contribution in [-0.2, 0) is 0 Å². The van der Waals surface area contributed by atoms with Gasteiger partial charge in [0.1, 0.15) is 23.8 Å². The fourth-order valence-electron chi connectivity index (χ4n) is 2.88. The van der Waals surface area contributed by atoms with Gasteiger partial charge in [0, 0.05) is 42.1 Å². The number of nitrogens with zero attached hydrogens (tertiary/aromatic N) is 5. The van der Waals surface area contributed by atoms with Gasteiger partial charge in [-0.2, -0.15) is 0 Å². The van der Waals surface area contributed by atoms with Crippen LogP contribution in [0, 0.1) is 6.92 Å². The van der Waals surface area contributed by atoms with E-state index in [1.807, 2.05) is 54.9 Å². The van der Waals surface area contributed by atoms with Crippen molar-refractivity contribution in [1.29, 1.82) is 0 Å². The molecule has 2 N–H and O–H groups in total. The predicted octanol–water partition coefficient (Wildman–Crippen LogP) is 3.76. The lowest BCUT2D eigenvalue weighted by atomic mass is 10.2. The van der Waals surface area contributed by atoms with Crippen molar-refractivity contribution in [3.05, 3.63) is 78.8 Å². The summed E-state index contributed by atoms with van der Waals surface area (Å²) in [6, 6.07) is 12.5. The molecule has 3 aromatic heterocycles. The Labute approximate surface area is 179 Å². The molecule has 4 aromatic rings. The number of imidazole rings is 1. The number of nitrogens with one attached hydrogen (secondary N) is 2. The summed E-state index contributed by atoms with van der Waals surface area (Å²) in [5.41, 5.74) is 1.95. The fraction of sp³-hybridized carbons (Fsp3) is 0.136. The number of aromatic nitrogens is 5. The number of aryl methyl sites for hydroxylation is 1. The van der Waals surface area contributed by atoms with Gasteiger partial charge in [0.2, 0.25) is 5.88 Å². The Balaban J connectivity index is 1.42. The van der Waals surface area contributed by atoms with E-state index in [1.54, 1.807) is 24.7 Å². The summed E-state index contributed by atoms with van der Waals surface area (Å²) in [6.45, 7) is 4.24. The minimum absolute atomic E-state index is 0.243. The number of benzene rings is 1. The number of hydrogen-bond donors (Lipinski definition) is 2. The average molecular weight is 415 g/mol. The van der Waals surface area contributed by atoms with Gasteiger partial charge in [-0.25, -0.2) is 19.9 Å². The molecule has 0 bridgehead atoms. The van der Waals surface area contributed by atoms with E-state index in [1.165, 1.54) is 6.20 Å². The molecule has 0 saturated carbocycles. The SMILES string of the molecule is CCOc1ccc(C(=O)Nc2ccc(Nc3cc(-n4ccnc4)nc(C)n3)cc2)cn1. The number of ether oxygens (including phenoxy) is 1. The third-order valence-corrected chi connectivity index (χ3v) is 4.30. The summed E-state index contributed by atoms with van der Waals surface area (Å²) in [7, 11) is 0. The van der Waals surface area contributed by atoms with Crippen LogP contribution < -0.4 is 15.4 Å². The first-order valence-corrected chi connectivity index (χ1v) is 9.72. The standard InChI is InChI=1S/C22H21N7O2/c1-3-31-21-9-4-16(13-24-21)22(30)28-18-7-5-17(6-8-18)27-19-12-20(26-15(2)25-19)29-11-10-23-14-29/h4-14H,3H2,1-2H3,(H,28,30)(H,25,26,27). The van der Waals surface area contributed by atoms with Crippen LogP contribution in [0.5, 0.6) is 5.88 Å². The van der Waals surface area contributed by atoms with Crippen LogP contribution in [0.3, 0.4) is 0 Å². The molecule has 9 heteroatoms. The van der Waals surface area contributed by atoms with Crippen LogP contribution in [0.1, 0.15) is 23.1 Å². The first kappa shape index (κ1) is 20.0. The highest BCUT2D eigenvalue weighted by molar-refractivity contribution is 6.04. The number of carbonyl (C=O) groups is 1. The molecule has 0 saturated heterocycles. The zero-order valence-corrected chi connectivity index (χ0v) is 17.1. The highest BCUT2D eigenvalue weighted by Gasteiger charge is 2.08. The number of anilines is 3. The average Bonchev–Trinajstić information content (AvgIpc) is 3.31. The van der Waals surface area contributed by atoms with Crippen molar-refractivity contribution in [1.82, 2.24) is 24.5 Å². The van der Waals surface area contributed by atoms with Gasteiger partial charge >= 0.3 is 0 Å². The molecule has 0 unspecified atom stereocenters. The van der Waals surface area contributed by atoms with Crippen LogP contribution in [0.4, 0.5) is 17.2 Å². The van der Waals surface area contributed by atoms with Crippen molar-refractivity contribution >= 4 is 23.1 Å². The van der Waals surface area contributed by atoms with E-state index in [2.05, 4.69) is 30.6 Å². The van der Waals surface area contributed by atoms with Gasteiger partial charge in [-0.15, -0.1) is 0 Å². The molecule has 0 aliphatic rings. The van der Waals surface area contributed by atoms with E-state index in [-0.39, 0.29) is 5.91 Å². The molecule has 0 spiro atoms. The predicted molar refractivity (Wildman–Crippen MR) is 117 cm³/mol. The highest BCUT2D eigenvalue weighted by atomic mass is 16.5. The Hall–Kier alpha value is -4.27. The Morgan fingerprint density at radius 2 is 1.90 bits per heavy atom. The van der Waals surface area contributed by atoms with Gasteiger partial charge in [-0.05, 0) is 44.2 Å². The minimum Gasteiger partial charge on any atom is -0.478 e. The third kappa shape index (κ3) is 5.02. The lowest BCUT2D eigenvalue weighted by molar-refractivity contribution is 0.102. The number of amides is 1. The van der Waals surface area contributed by atoms with E-state index >= 15 is 0 Å². The summed E-state index contributed by atoms with van der Waals surface area (Å²) in [6.07, 6.45) is 6.69. The van der Waals surface area contributed by atoms with E-state index in [4.69, 9.17) is 4.74 Å². The summed E-state index contributed by atoms with van der Waals surface area (Å²) >= 11 is 0. The summed E-state index contributed by atoms with van der Waals surface area (Å²) < 4.78 is 7.11. The Morgan fingerprint density at radius 3 is 2.58 bits per heavy atom. The number of hydrogen-bond acceptors (Lipinski definition) is 7.